The predicted molar refractivity (Wildman–Crippen MR) is 187 cm³/mol. The Morgan fingerprint density at radius 1 is 0.694 bits per heavy atom. The van der Waals surface area contributed by atoms with Gasteiger partial charge < -0.3 is 36.8 Å². The molecule has 0 saturated carbocycles. The average Bonchev–Trinajstić information content (AvgIpc) is 2.98. The fraction of sp³-hybridized carbons (Fsp3) is 0.444. The maximum absolute atomic E-state index is 13.2. The first-order valence-corrected chi connectivity index (χ1v) is 16.1. The SMILES string of the molecule is Cc1ccc(NC(=O)Nc2ccc(CC(=O)NC(CC(C)C)C(=O)NC(CC=CCC(NC(=O)CC(C)(C)C)C(=O)O)C(=O)O)cc2)cc1. The predicted octanol–water partition coefficient (Wildman–Crippen LogP) is 4.62. The summed E-state index contributed by atoms with van der Waals surface area (Å²) in [5, 5.41) is 32.3. The van der Waals surface area contributed by atoms with Gasteiger partial charge in [0, 0.05) is 17.8 Å². The van der Waals surface area contributed by atoms with Gasteiger partial charge in [0.1, 0.15) is 18.1 Å². The van der Waals surface area contributed by atoms with Gasteiger partial charge in [-0.1, -0.05) is 76.6 Å². The minimum atomic E-state index is -1.34. The van der Waals surface area contributed by atoms with Crippen LogP contribution < -0.4 is 26.6 Å². The number of urea groups is 1. The summed E-state index contributed by atoms with van der Waals surface area (Å²) in [7, 11) is 0. The van der Waals surface area contributed by atoms with E-state index in [4.69, 9.17) is 0 Å². The van der Waals surface area contributed by atoms with Gasteiger partial charge >= 0.3 is 18.0 Å². The number of aryl methyl sites for hydroxylation is 1. The van der Waals surface area contributed by atoms with Gasteiger partial charge in [-0.05, 0) is 67.3 Å². The molecular formula is C36H49N5O8. The zero-order chi connectivity index (χ0) is 36.7. The van der Waals surface area contributed by atoms with Crippen molar-refractivity contribution in [3.63, 3.8) is 0 Å². The standard InChI is InChI=1S/C36H49N5O8/c1-22(2)19-29(32(44)41-28(34(47)48)10-8-7-9-27(33(45)46)39-31(43)21-36(4,5)6)40-30(42)20-24-13-17-26(18-14-24)38-35(49)37-25-15-11-23(3)12-16-25/h7-8,11-18,22,27-29H,9-10,19-21H2,1-6H3,(H,39,43)(H,40,42)(H,41,44)(H,45,46)(H,47,48)(H2,37,38,49). The van der Waals surface area contributed by atoms with Crippen molar-refractivity contribution in [3.05, 3.63) is 71.8 Å². The van der Waals surface area contributed by atoms with Crippen LogP contribution in [0, 0.1) is 18.3 Å². The van der Waals surface area contributed by atoms with Crippen molar-refractivity contribution in [2.75, 3.05) is 10.6 Å². The Morgan fingerprint density at radius 2 is 1.16 bits per heavy atom. The van der Waals surface area contributed by atoms with Crippen molar-refractivity contribution in [1.29, 1.82) is 0 Å². The van der Waals surface area contributed by atoms with Crippen molar-refractivity contribution in [3.8, 4) is 0 Å². The largest absolute Gasteiger partial charge is 0.480 e. The van der Waals surface area contributed by atoms with Crippen LogP contribution in [0.25, 0.3) is 0 Å². The molecule has 0 aliphatic heterocycles. The highest BCUT2D eigenvalue weighted by molar-refractivity contribution is 5.99. The van der Waals surface area contributed by atoms with Crippen molar-refractivity contribution in [1.82, 2.24) is 16.0 Å². The number of aliphatic carboxylic acids is 2. The van der Waals surface area contributed by atoms with Gasteiger partial charge in [-0.15, -0.1) is 0 Å². The minimum absolute atomic E-state index is 0.00270. The lowest BCUT2D eigenvalue weighted by Crippen LogP contribution is -2.52. The second-order valence-electron chi connectivity index (χ2n) is 13.6. The number of hydrogen-bond acceptors (Lipinski definition) is 6. The van der Waals surface area contributed by atoms with Gasteiger partial charge in [-0.25, -0.2) is 14.4 Å². The molecule has 0 aliphatic rings. The number of amides is 5. The van der Waals surface area contributed by atoms with E-state index in [-0.39, 0.29) is 43.4 Å². The average molecular weight is 680 g/mol. The molecule has 49 heavy (non-hydrogen) atoms. The summed E-state index contributed by atoms with van der Waals surface area (Å²) in [4.78, 5) is 74.1. The van der Waals surface area contributed by atoms with Gasteiger partial charge in [0.2, 0.25) is 17.7 Å². The summed E-state index contributed by atoms with van der Waals surface area (Å²) in [5.74, 6) is -4.05. The van der Waals surface area contributed by atoms with Gasteiger partial charge in [-0.3, -0.25) is 14.4 Å². The number of carboxylic acid groups (broad SMARTS) is 2. The van der Waals surface area contributed by atoms with E-state index < -0.39 is 53.8 Å². The smallest absolute Gasteiger partial charge is 0.326 e. The summed E-state index contributed by atoms with van der Waals surface area (Å²) in [5.41, 5.74) is 2.54. The second kappa shape index (κ2) is 19.0. The van der Waals surface area contributed by atoms with E-state index in [1.54, 1.807) is 36.4 Å². The number of anilines is 2. The lowest BCUT2D eigenvalue weighted by Gasteiger charge is -2.22. The first kappa shape index (κ1) is 40.0. The number of rotatable bonds is 17. The molecule has 0 bridgehead atoms. The normalized spacial score (nSPS) is 13.2. The van der Waals surface area contributed by atoms with Crippen LogP contribution in [-0.4, -0.2) is 64.0 Å². The molecule has 3 atom stereocenters. The van der Waals surface area contributed by atoms with Crippen LogP contribution in [0.2, 0.25) is 0 Å². The molecule has 0 fully saturated rings. The van der Waals surface area contributed by atoms with Gasteiger partial charge in [0.15, 0.2) is 0 Å². The van der Waals surface area contributed by atoms with E-state index in [1.165, 1.54) is 12.2 Å². The summed E-state index contributed by atoms with van der Waals surface area (Å²) in [6.07, 6.45) is 3.01. The molecule has 5 amide bonds. The third-order valence-corrected chi connectivity index (χ3v) is 7.09. The van der Waals surface area contributed by atoms with Crippen LogP contribution in [0.3, 0.4) is 0 Å². The Labute approximate surface area is 287 Å². The summed E-state index contributed by atoms with van der Waals surface area (Å²) >= 11 is 0. The molecule has 2 aromatic rings. The molecule has 2 rings (SSSR count). The Balaban J connectivity index is 1.95. The van der Waals surface area contributed by atoms with E-state index in [2.05, 4.69) is 26.6 Å². The Kier molecular flexibility index (Phi) is 15.5. The van der Waals surface area contributed by atoms with Crippen LogP contribution in [-0.2, 0) is 30.4 Å². The van der Waals surface area contributed by atoms with Crippen LogP contribution in [0.4, 0.5) is 16.2 Å². The van der Waals surface area contributed by atoms with E-state index in [1.807, 2.05) is 53.7 Å². The molecule has 0 aromatic heterocycles. The van der Waals surface area contributed by atoms with E-state index in [0.717, 1.165) is 5.56 Å². The molecule has 266 valence electrons. The van der Waals surface area contributed by atoms with E-state index in [0.29, 0.717) is 16.9 Å². The molecule has 13 nitrogen and oxygen atoms in total. The molecule has 0 heterocycles. The first-order valence-electron chi connectivity index (χ1n) is 16.1. The fourth-order valence-corrected chi connectivity index (χ4v) is 4.68. The maximum atomic E-state index is 13.2. The van der Waals surface area contributed by atoms with Gasteiger partial charge in [0.25, 0.3) is 0 Å². The monoisotopic (exact) mass is 679 g/mol. The van der Waals surface area contributed by atoms with Crippen LogP contribution in [0.15, 0.2) is 60.7 Å². The van der Waals surface area contributed by atoms with Crippen LogP contribution in [0.1, 0.15) is 71.4 Å². The molecule has 0 radical (unpaired) electrons. The van der Waals surface area contributed by atoms with E-state index in [9.17, 15) is 39.0 Å². The topological polar surface area (TPSA) is 203 Å². The fourth-order valence-electron chi connectivity index (χ4n) is 4.68. The number of carbonyl (C=O) groups is 6. The highest BCUT2D eigenvalue weighted by Crippen LogP contribution is 2.18. The molecular weight excluding hydrogens is 630 g/mol. The third kappa shape index (κ3) is 16.0. The Bertz CT molecular complexity index is 1480. The number of hydrogen-bond donors (Lipinski definition) is 7. The zero-order valence-corrected chi connectivity index (χ0v) is 29.0. The number of nitrogens with one attached hydrogen (secondary N) is 5. The molecule has 3 unspecified atom stereocenters. The lowest BCUT2D eigenvalue weighted by molar-refractivity contribution is -0.142. The van der Waals surface area contributed by atoms with Gasteiger partial charge in [-0.2, -0.15) is 0 Å². The molecule has 0 saturated heterocycles. The quantitative estimate of drug-likeness (QED) is 0.117. The van der Waals surface area contributed by atoms with Crippen molar-refractivity contribution in [2.45, 2.75) is 91.8 Å². The zero-order valence-electron chi connectivity index (χ0n) is 29.0. The number of benzene rings is 2. The third-order valence-electron chi connectivity index (χ3n) is 7.09. The first-order chi connectivity index (χ1) is 22.9. The summed E-state index contributed by atoms with van der Waals surface area (Å²) in [6, 6.07) is 10.1. The van der Waals surface area contributed by atoms with Gasteiger partial charge in [0.05, 0.1) is 6.42 Å². The van der Waals surface area contributed by atoms with Crippen molar-refractivity contribution >= 4 is 47.1 Å². The van der Waals surface area contributed by atoms with Crippen LogP contribution in [0.5, 0.6) is 0 Å². The van der Waals surface area contributed by atoms with Crippen molar-refractivity contribution < 1.29 is 39.0 Å². The van der Waals surface area contributed by atoms with Crippen LogP contribution >= 0.6 is 0 Å². The van der Waals surface area contributed by atoms with E-state index >= 15 is 0 Å². The number of carbonyl (C=O) groups excluding carboxylic acids is 4. The Morgan fingerprint density at radius 3 is 1.63 bits per heavy atom. The highest BCUT2D eigenvalue weighted by atomic mass is 16.4. The summed E-state index contributed by atoms with van der Waals surface area (Å²) < 4.78 is 0. The number of carboxylic acids is 2. The highest BCUT2D eigenvalue weighted by Gasteiger charge is 2.27. The van der Waals surface area contributed by atoms with Crippen molar-refractivity contribution in [2.24, 2.45) is 11.3 Å². The molecule has 0 aliphatic carbocycles. The maximum Gasteiger partial charge on any atom is 0.326 e. The molecule has 0 spiro atoms. The second-order valence-corrected chi connectivity index (χ2v) is 13.6. The minimum Gasteiger partial charge on any atom is -0.480 e. The lowest BCUT2D eigenvalue weighted by atomic mass is 9.92. The molecule has 2 aromatic carbocycles. The molecule has 13 heteroatoms. The summed E-state index contributed by atoms with van der Waals surface area (Å²) in [6.45, 7) is 11.2. The Hall–Kier alpha value is -5.20. The molecule has 7 N–H and O–H groups in total.